The van der Waals surface area contributed by atoms with E-state index >= 15 is 0 Å². The first kappa shape index (κ1) is 14.7. The van der Waals surface area contributed by atoms with Crippen molar-refractivity contribution in [3.05, 3.63) is 47.8 Å². The number of carbonyl (C=O) groups is 2. The van der Waals surface area contributed by atoms with Crippen LogP contribution in [0.5, 0.6) is 0 Å². The van der Waals surface area contributed by atoms with Crippen LogP contribution in [0.2, 0.25) is 0 Å². The molecule has 0 atom stereocenters. The summed E-state index contributed by atoms with van der Waals surface area (Å²) in [4.78, 5) is 23.5. The van der Waals surface area contributed by atoms with Gasteiger partial charge < -0.3 is 15.8 Å². The van der Waals surface area contributed by atoms with Crippen LogP contribution >= 0.6 is 0 Å². The fourth-order valence-electron chi connectivity index (χ4n) is 1.86. The number of ether oxygens (including phenoxy) is 1. The number of anilines is 1. The van der Waals surface area contributed by atoms with Crippen LogP contribution in [0, 0.1) is 0 Å². The molecule has 0 saturated heterocycles. The molecule has 0 fully saturated rings. The van der Waals surface area contributed by atoms with E-state index in [-0.39, 0.29) is 19.0 Å². The van der Waals surface area contributed by atoms with Gasteiger partial charge in [0.05, 0.1) is 12.7 Å². The van der Waals surface area contributed by atoms with Gasteiger partial charge in [0.15, 0.2) is 0 Å². The molecule has 1 amide bonds. The fourth-order valence-corrected chi connectivity index (χ4v) is 1.86. The van der Waals surface area contributed by atoms with E-state index in [4.69, 9.17) is 5.73 Å². The molecule has 1 heterocycles. The van der Waals surface area contributed by atoms with Gasteiger partial charge in [-0.25, -0.2) is 4.79 Å². The Labute approximate surface area is 121 Å². The number of benzene rings is 1. The van der Waals surface area contributed by atoms with Crippen molar-refractivity contribution in [3.8, 4) is 0 Å². The van der Waals surface area contributed by atoms with Crippen LogP contribution in [0.1, 0.15) is 15.9 Å². The number of hydrogen-bond donors (Lipinski definition) is 2. The average Bonchev–Trinajstić information content (AvgIpc) is 2.98. The Morgan fingerprint density at radius 3 is 2.81 bits per heavy atom. The third kappa shape index (κ3) is 3.90. The molecule has 0 aliphatic rings. The lowest BCUT2D eigenvalue weighted by molar-refractivity contribution is -0.116. The highest BCUT2D eigenvalue weighted by atomic mass is 16.5. The molecule has 0 radical (unpaired) electrons. The van der Waals surface area contributed by atoms with Crippen LogP contribution in [0.3, 0.4) is 0 Å². The summed E-state index contributed by atoms with van der Waals surface area (Å²) in [7, 11) is 1.30. The molecule has 1 aromatic carbocycles. The molecule has 7 heteroatoms. The highest BCUT2D eigenvalue weighted by molar-refractivity contribution is 5.94. The smallest absolute Gasteiger partial charge is 0.337 e. The normalized spacial score (nSPS) is 10.2. The summed E-state index contributed by atoms with van der Waals surface area (Å²) in [5.74, 6) is -0.725. The van der Waals surface area contributed by atoms with Crippen molar-refractivity contribution in [2.45, 2.75) is 13.1 Å². The first-order chi connectivity index (χ1) is 10.1. The maximum absolute atomic E-state index is 11.9. The third-order valence-electron chi connectivity index (χ3n) is 2.80. The van der Waals surface area contributed by atoms with Gasteiger partial charge in [-0.1, -0.05) is 0 Å². The fraction of sp³-hybridized carbons (Fsp3) is 0.214. The van der Waals surface area contributed by atoms with Crippen LogP contribution in [-0.2, 0) is 22.6 Å². The highest BCUT2D eigenvalue weighted by Gasteiger charge is 2.10. The van der Waals surface area contributed by atoms with Crippen LogP contribution in [0.15, 0.2) is 36.7 Å². The lowest BCUT2D eigenvalue weighted by Gasteiger charge is -2.09. The Morgan fingerprint density at radius 1 is 1.38 bits per heavy atom. The minimum Gasteiger partial charge on any atom is -0.465 e. The van der Waals surface area contributed by atoms with E-state index in [0.717, 1.165) is 5.56 Å². The molecular formula is C14H16N4O3. The van der Waals surface area contributed by atoms with Crippen molar-refractivity contribution in [2.24, 2.45) is 5.73 Å². The number of esters is 1. The summed E-state index contributed by atoms with van der Waals surface area (Å²) in [6.07, 6.45) is 3.29. The monoisotopic (exact) mass is 288 g/mol. The number of rotatable bonds is 5. The van der Waals surface area contributed by atoms with Crippen molar-refractivity contribution >= 4 is 17.6 Å². The van der Waals surface area contributed by atoms with Gasteiger partial charge in [0, 0.05) is 24.6 Å². The summed E-state index contributed by atoms with van der Waals surface area (Å²) in [5, 5.41) is 6.66. The molecule has 2 rings (SSSR count). The van der Waals surface area contributed by atoms with Gasteiger partial charge in [-0.2, -0.15) is 5.10 Å². The summed E-state index contributed by atoms with van der Waals surface area (Å²) >= 11 is 0. The van der Waals surface area contributed by atoms with Crippen LogP contribution in [0.25, 0.3) is 0 Å². The molecular weight excluding hydrogens is 272 g/mol. The Kier molecular flexibility index (Phi) is 4.68. The number of hydrogen-bond acceptors (Lipinski definition) is 5. The molecule has 21 heavy (non-hydrogen) atoms. The lowest BCUT2D eigenvalue weighted by atomic mass is 10.1. The van der Waals surface area contributed by atoms with E-state index in [1.54, 1.807) is 36.7 Å². The van der Waals surface area contributed by atoms with Crippen LogP contribution in [0.4, 0.5) is 5.69 Å². The zero-order chi connectivity index (χ0) is 15.2. The molecule has 3 N–H and O–H groups in total. The molecule has 2 aromatic rings. The number of amides is 1. The third-order valence-corrected chi connectivity index (χ3v) is 2.80. The second-order valence-corrected chi connectivity index (χ2v) is 4.37. The summed E-state index contributed by atoms with van der Waals surface area (Å²) in [6.45, 7) is 0.347. The Hall–Kier alpha value is -2.67. The molecule has 0 spiro atoms. The maximum atomic E-state index is 11.9. The van der Waals surface area contributed by atoms with Crippen molar-refractivity contribution in [1.29, 1.82) is 0 Å². The SMILES string of the molecule is COC(=O)c1cc(CN)cc(NC(=O)Cn2cccn2)c1. The highest BCUT2D eigenvalue weighted by Crippen LogP contribution is 2.16. The molecule has 0 unspecified atom stereocenters. The summed E-state index contributed by atoms with van der Waals surface area (Å²) < 4.78 is 6.18. The minimum absolute atomic E-state index is 0.0907. The Bertz CT molecular complexity index is 638. The van der Waals surface area contributed by atoms with Crippen molar-refractivity contribution < 1.29 is 14.3 Å². The first-order valence-electron chi connectivity index (χ1n) is 6.32. The maximum Gasteiger partial charge on any atom is 0.337 e. The topological polar surface area (TPSA) is 99.2 Å². The van der Waals surface area contributed by atoms with Crippen molar-refractivity contribution in [2.75, 3.05) is 12.4 Å². The zero-order valence-electron chi connectivity index (χ0n) is 11.6. The van der Waals surface area contributed by atoms with Gasteiger partial charge in [0.1, 0.15) is 6.54 Å². The molecule has 0 aliphatic carbocycles. The second kappa shape index (κ2) is 6.67. The molecule has 1 aromatic heterocycles. The molecule has 0 aliphatic heterocycles. The molecule has 7 nitrogen and oxygen atoms in total. The van der Waals surface area contributed by atoms with E-state index < -0.39 is 5.97 Å². The van der Waals surface area contributed by atoms with Gasteiger partial charge in [0.25, 0.3) is 0 Å². The molecule has 110 valence electrons. The lowest BCUT2D eigenvalue weighted by Crippen LogP contribution is -2.19. The predicted molar refractivity (Wildman–Crippen MR) is 76.5 cm³/mol. The second-order valence-electron chi connectivity index (χ2n) is 4.37. The van der Waals surface area contributed by atoms with E-state index in [1.807, 2.05) is 0 Å². The van der Waals surface area contributed by atoms with Gasteiger partial charge in [-0.15, -0.1) is 0 Å². The van der Waals surface area contributed by atoms with E-state index in [2.05, 4.69) is 15.2 Å². The van der Waals surface area contributed by atoms with Crippen LogP contribution < -0.4 is 11.1 Å². The number of aromatic nitrogens is 2. The number of nitrogens with zero attached hydrogens (tertiary/aromatic N) is 2. The average molecular weight is 288 g/mol. The predicted octanol–water partition coefficient (Wildman–Crippen LogP) is 0.767. The zero-order valence-corrected chi connectivity index (χ0v) is 11.6. The number of nitrogens with two attached hydrogens (primary N) is 1. The van der Waals surface area contributed by atoms with Gasteiger partial charge in [0.2, 0.25) is 5.91 Å². The number of methoxy groups -OCH3 is 1. The van der Waals surface area contributed by atoms with Gasteiger partial charge in [-0.05, 0) is 29.8 Å². The number of nitrogens with one attached hydrogen (secondary N) is 1. The largest absolute Gasteiger partial charge is 0.465 e. The van der Waals surface area contributed by atoms with E-state index in [0.29, 0.717) is 11.3 Å². The van der Waals surface area contributed by atoms with Gasteiger partial charge in [-0.3, -0.25) is 9.48 Å². The standard InChI is InChI=1S/C14H16N4O3/c1-21-14(20)11-5-10(8-15)6-12(7-11)17-13(19)9-18-4-2-3-16-18/h2-7H,8-9,15H2,1H3,(H,17,19). The quantitative estimate of drug-likeness (QED) is 0.792. The van der Waals surface area contributed by atoms with Crippen molar-refractivity contribution in [3.63, 3.8) is 0 Å². The van der Waals surface area contributed by atoms with E-state index in [1.165, 1.54) is 11.8 Å². The first-order valence-corrected chi connectivity index (χ1v) is 6.32. The summed E-state index contributed by atoms with van der Waals surface area (Å²) in [6, 6.07) is 6.63. The van der Waals surface area contributed by atoms with Crippen molar-refractivity contribution in [1.82, 2.24) is 9.78 Å². The molecule has 0 bridgehead atoms. The Balaban J connectivity index is 2.14. The summed E-state index contributed by atoms with van der Waals surface area (Å²) in [5.41, 5.74) is 7.16. The molecule has 0 saturated carbocycles. The number of carbonyl (C=O) groups excluding carboxylic acids is 2. The minimum atomic E-state index is -0.479. The van der Waals surface area contributed by atoms with Gasteiger partial charge >= 0.3 is 5.97 Å². The van der Waals surface area contributed by atoms with E-state index in [9.17, 15) is 9.59 Å². The van der Waals surface area contributed by atoms with Crippen LogP contribution in [-0.4, -0.2) is 28.8 Å². The Morgan fingerprint density at radius 2 is 2.19 bits per heavy atom.